The minimum absolute atomic E-state index is 0.0706. The van der Waals surface area contributed by atoms with Crippen LogP contribution in [0.2, 0.25) is 0 Å². The zero-order valence-electron chi connectivity index (χ0n) is 7.49. The molecule has 5 nitrogen and oxygen atoms in total. The first-order valence-corrected chi connectivity index (χ1v) is 4.02. The van der Waals surface area contributed by atoms with Gasteiger partial charge < -0.3 is 16.4 Å². The summed E-state index contributed by atoms with van der Waals surface area (Å²) in [4.78, 5) is 10.2. The second kappa shape index (κ2) is 3.42. The van der Waals surface area contributed by atoms with Crippen LogP contribution in [0.4, 0.5) is 0 Å². The molecule has 0 saturated heterocycles. The lowest BCUT2D eigenvalue weighted by Crippen LogP contribution is -2.35. The average molecular weight is 169 g/mol. The van der Waals surface area contributed by atoms with E-state index < -0.39 is 0 Å². The van der Waals surface area contributed by atoms with Gasteiger partial charge in [-0.2, -0.15) is 4.99 Å². The fourth-order valence-corrected chi connectivity index (χ4v) is 1.15. The minimum atomic E-state index is 0.0706. The molecule has 0 fully saturated rings. The lowest BCUT2D eigenvalue weighted by Gasteiger charge is -2.21. The van der Waals surface area contributed by atoms with E-state index in [0.29, 0.717) is 12.0 Å². The summed E-state index contributed by atoms with van der Waals surface area (Å²) in [5.41, 5.74) is 10.5. The van der Waals surface area contributed by atoms with E-state index in [2.05, 4.69) is 28.7 Å². The topological polar surface area (TPSA) is 80.0 Å². The van der Waals surface area contributed by atoms with Gasteiger partial charge in [0.25, 0.3) is 0 Å². The molecule has 5 heteroatoms. The lowest BCUT2D eigenvalue weighted by molar-refractivity contribution is 0.377. The SMILES string of the molecule is CC(C)N1CCN=C1N=C(N)N. The molecule has 0 aromatic carbocycles. The molecule has 12 heavy (non-hydrogen) atoms. The molecule has 0 atom stereocenters. The highest BCUT2D eigenvalue weighted by Crippen LogP contribution is 2.06. The van der Waals surface area contributed by atoms with E-state index in [1.807, 2.05) is 0 Å². The summed E-state index contributed by atoms with van der Waals surface area (Å²) < 4.78 is 0. The van der Waals surface area contributed by atoms with Crippen molar-refractivity contribution < 1.29 is 0 Å². The summed E-state index contributed by atoms with van der Waals surface area (Å²) in [5, 5.41) is 0. The summed E-state index contributed by atoms with van der Waals surface area (Å²) >= 11 is 0. The number of guanidine groups is 2. The minimum Gasteiger partial charge on any atom is -0.370 e. The van der Waals surface area contributed by atoms with Gasteiger partial charge in [0, 0.05) is 12.6 Å². The van der Waals surface area contributed by atoms with Crippen molar-refractivity contribution in [3.05, 3.63) is 0 Å². The predicted molar refractivity (Wildman–Crippen MR) is 50.0 cm³/mol. The van der Waals surface area contributed by atoms with E-state index in [1.165, 1.54) is 0 Å². The molecule has 1 rings (SSSR count). The highest BCUT2D eigenvalue weighted by molar-refractivity contribution is 5.94. The van der Waals surface area contributed by atoms with Gasteiger partial charge in [0.15, 0.2) is 5.96 Å². The van der Waals surface area contributed by atoms with Crippen molar-refractivity contribution in [2.75, 3.05) is 13.1 Å². The van der Waals surface area contributed by atoms with E-state index >= 15 is 0 Å². The van der Waals surface area contributed by atoms with Gasteiger partial charge in [-0.3, -0.25) is 0 Å². The van der Waals surface area contributed by atoms with Crippen LogP contribution < -0.4 is 11.5 Å². The molecule has 1 aliphatic rings. The lowest BCUT2D eigenvalue weighted by atomic mass is 10.3. The third kappa shape index (κ3) is 1.87. The Morgan fingerprint density at radius 2 is 2.25 bits per heavy atom. The van der Waals surface area contributed by atoms with Crippen molar-refractivity contribution in [1.29, 1.82) is 0 Å². The van der Waals surface area contributed by atoms with Gasteiger partial charge in [0.05, 0.1) is 6.54 Å². The third-order valence-electron chi connectivity index (χ3n) is 1.70. The maximum absolute atomic E-state index is 5.25. The van der Waals surface area contributed by atoms with Gasteiger partial charge in [-0.05, 0) is 13.8 Å². The van der Waals surface area contributed by atoms with Gasteiger partial charge in [-0.25, -0.2) is 4.99 Å². The fraction of sp³-hybridized carbons (Fsp3) is 0.714. The van der Waals surface area contributed by atoms with Crippen LogP contribution in [0.25, 0.3) is 0 Å². The molecular weight excluding hydrogens is 154 g/mol. The van der Waals surface area contributed by atoms with E-state index in [1.54, 1.807) is 0 Å². The quantitative estimate of drug-likeness (QED) is 0.404. The first kappa shape index (κ1) is 8.83. The number of aliphatic imine (C=N–C) groups is 2. The van der Waals surface area contributed by atoms with Gasteiger partial charge >= 0.3 is 0 Å². The second-order valence-corrected chi connectivity index (χ2v) is 3.01. The molecule has 0 amide bonds. The number of nitrogens with two attached hydrogens (primary N) is 2. The molecular formula is C7H15N5. The van der Waals surface area contributed by atoms with Crippen LogP contribution >= 0.6 is 0 Å². The van der Waals surface area contributed by atoms with Crippen LogP contribution in [-0.2, 0) is 0 Å². The number of rotatable bonds is 1. The van der Waals surface area contributed by atoms with Crippen molar-refractivity contribution in [3.63, 3.8) is 0 Å². The van der Waals surface area contributed by atoms with Crippen LogP contribution in [0.3, 0.4) is 0 Å². The van der Waals surface area contributed by atoms with Crippen molar-refractivity contribution in [2.45, 2.75) is 19.9 Å². The van der Waals surface area contributed by atoms with Crippen molar-refractivity contribution >= 4 is 11.9 Å². The Morgan fingerprint density at radius 3 is 2.75 bits per heavy atom. The highest BCUT2D eigenvalue weighted by atomic mass is 15.3. The fourth-order valence-electron chi connectivity index (χ4n) is 1.15. The number of hydrogen-bond donors (Lipinski definition) is 2. The maximum atomic E-state index is 5.25. The van der Waals surface area contributed by atoms with Gasteiger partial charge in [0.2, 0.25) is 5.96 Å². The molecule has 0 spiro atoms. The van der Waals surface area contributed by atoms with Crippen LogP contribution in [0.1, 0.15) is 13.8 Å². The van der Waals surface area contributed by atoms with E-state index in [-0.39, 0.29) is 5.96 Å². The van der Waals surface area contributed by atoms with Gasteiger partial charge in [0.1, 0.15) is 0 Å². The molecule has 0 radical (unpaired) electrons. The largest absolute Gasteiger partial charge is 0.370 e. The van der Waals surface area contributed by atoms with Crippen LogP contribution in [0, 0.1) is 0 Å². The zero-order valence-corrected chi connectivity index (χ0v) is 7.49. The first-order chi connectivity index (χ1) is 5.61. The Kier molecular flexibility index (Phi) is 2.52. The molecule has 0 bridgehead atoms. The molecule has 0 saturated carbocycles. The Hall–Kier alpha value is -1.26. The maximum Gasteiger partial charge on any atom is 0.224 e. The third-order valence-corrected chi connectivity index (χ3v) is 1.70. The smallest absolute Gasteiger partial charge is 0.224 e. The normalized spacial score (nSPS) is 16.6. The Balaban J connectivity index is 2.70. The van der Waals surface area contributed by atoms with Crippen LogP contribution in [0.15, 0.2) is 9.98 Å². The Bertz CT molecular complexity index is 214. The van der Waals surface area contributed by atoms with Crippen LogP contribution in [0.5, 0.6) is 0 Å². The summed E-state index contributed by atoms with van der Waals surface area (Å²) in [5.74, 6) is 0.728. The van der Waals surface area contributed by atoms with E-state index in [0.717, 1.165) is 13.1 Å². The predicted octanol–water partition coefficient (Wildman–Crippen LogP) is -0.660. The van der Waals surface area contributed by atoms with E-state index in [4.69, 9.17) is 11.5 Å². The van der Waals surface area contributed by atoms with Crippen LogP contribution in [-0.4, -0.2) is 36.0 Å². The second-order valence-electron chi connectivity index (χ2n) is 3.01. The average Bonchev–Trinajstić information content (AvgIpc) is 2.33. The van der Waals surface area contributed by atoms with Crippen molar-refractivity contribution in [3.8, 4) is 0 Å². The zero-order chi connectivity index (χ0) is 9.14. The highest BCUT2D eigenvalue weighted by Gasteiger charge is 2.18. The standard InChI is InChI=1S/C7H15N5/c1-5(2)12-4-3-10-7(12)11-6(8)9/h5H,3-4H2,1-2H3,(H4,8,9,10,11). The van der Waals surface area contributed by atoms with Gasteiger partial charge in [-0.15, -0.1) is 0 Å². The molecule has 1 aliphatic heterocycles. The molecule has 0 unspecified atom stereocenters. The summed E-state index contributed by atoms with van der Waals surface area (Å²) in [6.07, 6.45) is 0. The Labute approximate surface area is 72.2 Å². The summed E-state index contributed by atoms with van der Waals surface area (Å²) in [7, 11) is 0. The molecule has 68 valence electrons. The number of nitrogens with zero attached hydrogens (tertiary/aromatic N) is 3. The summed E-state index contributed by atoms with van der Waals surface area (Å²) in [6, 6.07) is 0.398. The van der Waals surface area contributed by atoms with E-state index in [9.17, 15) is 0 Å². The molecule has 0 aromatic heterocycles. The van der Waals surface area contributed by atoms with Crippen molar-refractivity contribution in [2.24, 2.45) is 21.5 Å². The van der Waals surface area contributed by atoms with Crippen molar-refractivity contribution in [1.82, 2.24) is 4.90 Å². The summed E-state index contributed by atoms with van der Waals surface area (Å²) in [6.45, 7) is 5.86. The number of hydrogen-bond acceptors (Lipinski definition) is 3. The first-order valence-electron chi connectivity index (χ1n) is 4.02. The van der Waals surface area contributed by atoms with Gasteiger partial charge in [-0.1, -0.05) is 0 Å². The molecule has 0 aliphatic carbocycles. The molecule has 0 aromatic rings. The molecule has 1 heterocycles. The monoisotopic (exact) mass is 169 g/mol. The molecule has 4 N–H and O–H groups in total. The Morgan fingerprint density at radius 1 is 1.58 bits per heavy atom.